The molecule has 3 N–H and O–H groups in total. The van der Waals surface area contributed by atoms with Crippen molar-refractivity contribution < 1.29 is 32.2 Å². The Bertz CT molecular complexity index is 1230. The highest BCUT2D eigenvalue weighted by molar-refractivity contribution is 6.01. The number of carbonyl (C=O) groups excluding carboxylic acids is 3. The smallest absolute Gasteiger partial charge is 0.338 e. The van der Waals surface area contributed by atoms with E-state index in [-0.39, 0.29) is 17.5 Å². The van der Waals surface area contributed by atoms with Gasteiger partial charge in [-0.25, -0.2) is 9.42 Å². The van der Waals surface area contributed by atoms with Gasteiger partial charge < -0.3 is 20.9 Å². The average Bonchev–Trinajstić information content (AvgIpc) is 3.60. The number of hydrogen-bond acceptors (Lipinski definition) is 6. The van der Waals surface area contributed by atoms with Gasteiger partial charge in [0.1, 0.15) is 17.8 Å². The monoisotopic (exact) mass is 534 g/mol. The number of urea groups is 1. The number of rotatable bonds is 6. The summed E-state index contributed by atoms with van der Waals surface area (Å²) in [5, 5.41) is 15.0. The minimum Gasteiger partial charge on any atom is -0.338 e. The minimum atomic E-state index is -4.50. The molecule has 0 spiro atoms. The maximum absolute atomic E-state index is 13.4. The first-order chi connectivity index (χ1) is 18.1. The molecule has 38 heavy (non-hydrogen) atoms. The second-order valence-electron chi connectivity index (χ2n) is 10.3. The molecule has 1 aliphatic heterocycles. The van der Waals surface area contributed by atoms with Gasteiger partial charge in [0.25, 0.3) is 5.91 Å². The van der Waals surface area contributed by atoms with Crippen molar-refractivity contribution in [3.05, 3.63) is 40.7 Å². The number of alkyl halides is 3. The van der Waals surface area contributed by atoms with Gasteiger partial charge in [0.2, 0.25) is 5.91 Å². The summed E-state index contributed by atoms with van der Waals surface area (Å²) < 4.78 is 43.9. The standard InChI is InChI=1S/C25H29F3N6O4/c1-13-20(33-38-32-13)22(35)31-21(14-5-3-2-4-6-14)23(36)29-17-8-7-15-10-18(11-16(15)9-17)34-12-19(25(26,27)28)30-24(34)37/h7-9,14,18-19,21H,2-6,10-12H2,1H3,(H,29,36)(H,30,37)(H,31,35)/t18?,19-,21-/m0/s1. The normalized spacial score (nSPS) is 22.6. The Morgan fingerprint density at radius 3 is 2.53 bits per heavy atom. The van der Waals surface area contributed by atoms with Gasteiger partial charge in [-0.3, -0.25) is 9.59 Å². The summed E-state index contributed by atoms with van der Waals surface area (Å²) in [7, 11) is 0. The molecule has 13 heteroatoms. The number of benzene rings is 1. The van der Waals surface area contributed by atoms with E-state index in [1.807, 2.05) is 11.4 Å². The van der Waals surface area contributed by atoms with E-state index in [1.54, 1.807) is 19.1 Å². The third-order valence-electron chi connectivity index (χ3n) is 7.72. The highest BCUT2D eigenvalue weighted by Gasteiger charge is 2.49. The molecule has 0 bridgehead atoms. The van der Waals surface area contributed by atoms with E-state index in [2.05, 4.69) is 25.6 Å². The Balaban J connectivity index is 1.27. The van der Waals surface area contributed by atoms with Gasteiger partial charge in [0.15, 0.2) is 5.69 Å². The zero-order chi connectivity index (χ0) is 27.0. The molecular formula is C25H29F3N6O4. The van der Waals surface area contributed by atoms with Crippen molar-refractivity contribution in [3.8, 4) is 0 Å². The number of nitrogens with one attached hydrogen (secondary N) is 3. The molecule has 3 atom stereocenters. The predicted molar refractivity (Wildman–Crippen MR) is 128 cm³/mol. The molecule has 0 radical (unpaired) electrons. The number of aryl methyl sites for hydroxylation is 1. The predicted octanol–water partition coefficient (Wildman–Crippen LogP) is 3.12. The number of fused-ring (bicyclic) bond motifs is 1. The van der Waals surface area contributed by atoms with Crippen LogP contribution in [0.15, 0.2) is 22.8 Å². The number of anilines is 1. The van der Waals surface area contributed by atoms with Gasteiger partial charge in [-0.1, -0.05) is 30.5 Å². The molecule has 1 saturated carbocycles. The lowest BCUT2D eigenvalue weighted by Gasteiger charge is -2.30. The van der Waals surface area contributed by atoms with E-state index in [4.69, 9.17) is 0 Å². The summed E-state index contributed by atoms with van der Waals surface area (Å²) in [6, 6.07) is 1.56. The topological polar surface area (TPSA) is 129 Å². The van der Waals surface area contributed by atoms with E-state index in [1.165, 1.54) is 4.90 Å². The lowest BCUT2D eigenvalue weighted by atomic mass is 9.83. The van der Waals surface area contributed by atoms with Gasteiger partial charge in [-0.15, -0.1) is 0 Å². The SMILES string of the molecule is Cc1nonc1C(=O)N[C@H](C(=O)Nc1ccc2c(c1)CC(N1C[C@@H](C(F)(F)F)NC1=O)C2)C1CCCCC1. The number of halogens is 3. The summed E-state index contributed by atoms with van der Waals surface area (Å²) in [4.78, 5) is 39.7. The Labute approximate surface area is 216 Å². The van der Waals surface area contributed by atoms with E-state index < -0.39 is 42.8 Å². The number of hydrogen-bond donors (Lipinski definition) is 3. The molecule has 204 valence electrons. The van der Waals surface area contributed by atoms with Crippen molar-refractivity contribution >= 4 is 23.5 Å². The zero-order valence-electron chi connectivity index (χ0n) is 20.8. The van der Waals surface area contributed by atoms with Crippen LogP contribution in [0, 0.1) is 12.8 Å². The number of aromatic nitrogens is 2. The van der Waals surface area contributed by atoms with Crippen molar-refractivity contribution in [3.63, 3.8) is 0 Å². The molecule has 4 amide bonds. The van der Waals surface area contributed by atoms with Gasteiger partial charge >= 0.3 is 12.2 Å². The molecule has 1 aromatic heterocycles. The van der Waals surface area contributed by atoms with Crippen LogP contribution in [0.2, 0.25) is 0 Å². The average molecular weight is 535 g/mol. The van der Waals surface area contributed by atoms with Crippen LogP contribution in [0.5, 0.6) is 0 Å². The van der Waals surface area contributed by atoms with Crippen LogP contribution in [-0.4, -0.2) is 63.9 Å². The van der Waals surface area contributed by atoms with E-state index >= 15 is 0 Å². The first-order valence-electron chi connectivity index (χ1n) is 12.8. The lowest BCUT2D eigenvalue weighted by molar-refractivity contribution is -0.150. The Kier molecular flexibility index (Phi) is 7.01. The first kappa shape index (κ1) is 26.0. The highest BCUT2D eigenvalue weighted by atomic mass is 19.4. The third kappa shape index (κ3) is 5.32. The fraction of sp³-hybridized carbons (Fsp3) is 0.560. The van der Waals surface area contributed by atoms with Crippen LogP contribution in [0.1, 0.15) is 59.4 Å². The highest BCUT2D eigenvalue weighted by Crippen LogP contribution is 2.33. The molecule has 2 heterocycles. The fourth-order valence-corrected chi connectivity index (χ4v) is 5.68. The van der Waals surface area contributed by atoms with Crippen molar-refractivity contribution in [1.29, 1.82) is 0 Å². The lowest BCUT2D eigenvalue weighted by Crippen LogP contribution is -2.49. The molecule has 1 saturated heterocycles. The summed E-state index contributed by atoms with van der Waals surface area (Å²) in [6.07, 6.45) is 0.943. The van der Waals surface area contributed by atoms with E-state index in [0.717, 1.165) is 43.2 Å². The van der Waals surface area contributed by atoms with Crippen LogP contribution in [-0.2, 0) is 17.6 Å². The molecule has 5 rings (SSSR count). The van der Waals surface area contributed by atoms with E-state index in [0.29, 0.717) is 24.2 Å². The third-order valence-corrected chi connectivity index (χ3v) is 7.72. The maximum atomic E-state index is 13.4. The number of amides is 4. The minimum absolute atomic E-state index is 0.0286. The molecule has 3 aliphatic rings. The van der Waals surface area contributed by atoms with Crippen molar-refractivity contribution in [2.75, 3.05) is 11.9 Å². The maximum Gasteiger partial charge on any atom is 0.410 e. The molecular weight excluding hydrogens is 505 g/mol. The molecule has 1 aromatic carbocycles. The largest absolute Gasteiger partial charge is 0.410 e. The van der Waals surface area contributed by atoms with Gasteiger partial charge in [0.05, 0.1) is 6.54 Å². The molecule has 10 nitrogen and oxygen atoms in total. The Morgan fingerprint density at radius 2 is 1.87 bits per heavy atom. The van der Waals surface area contributed by atoms with Crippen LogP contribution in [0.4, 0.5) is 23.7 Å². The van der Waals surface area contributed by atoms with Crippen molar-refractivity contribution in [1.82, 2.24) is 25.8 Å². The molecule has 1 unspecified atom stereocenters. The number of nitrogens with zero attached hydrogens (tertiary/aromatic N) is 3. The van der Waals surface area contributed by atoms with Crippen LogP contribution in [0.3, 0.4) is 0 Å². The van der Waals surface area contributed by atoms with Crippen molar-refractivity contribution in [2.45, 2.75) is 76.2 Å². The van der Waals surface area contributed by atoms with Crippen LogP contribution >= 0.6 is 0 Å². The summed E-state index contributed by atoms with van der Waals surface area (Å²) in [6.45, 7) is 1.17. The zero-order valence-corrected chi connectivity index (χ0v) is 20.8. The number of carbonyl (C=O) groups is 3. The van der Waals surface area contributed by atoms with Gasteiger partial charge in [-0.2, -0.15) is 13.2 Å². The van der Waals surface area contributed by atoms with Crippen LogP contribution < -0.4 is 16.0 Å². The molecule has 2 aromatic rings. The van der Waals surface area contributed by atoms with Crippen LogP contribution in [0.25, 0.3) is 0 Å². The Morgan fingerprint density at radius 1 is 1.13 bits per heavy atom. The van der Waals surface area contributed by atoms with E-state index in [9.17, 15) is 27.6 Å². The summed E-state index contributed by atoms with van der Waals surface area (Å²) in [5.74, 6) is -0.935. The van der Waals surface area contributed by atoms with Crippen molar-refractivity contribution in [2.24, 2.45) is 5.92 Å². The van der Waals surface area contributed by atoms with Gasteiger partial charge in [0, 0.05) is 11.7 Å². The second kappa shape index (κ2) is 10.3. The molecule has 2 aliphatic carbocycles. The first-order valence-corrected chi connectivity index (χ1v) is 12.8. The summed E-state index contributed by atoms with van der Waals surface area (Å²) in [5.41, 5.74) is 2.65. The second-order valence-corrected chi connectivity index (χ2v) is 10.3. The van der Waals surface area contributed by atoms with Gasteiger partial charge in [-0.05, 0) is 66.9 Å². The molecule has 2 fully saturated rings. The fourth-order valence-electron chi connectivity index (χ4n) is 5.68. The Hall–Kier alpha value is -3.64. The summed E-state index contributed by atoms with van der Waals surface area (Å²) >= 11 is 0. The quantitative estimate of drug-likeness (QED) is 0.522.